The lowest BCUT2D eigenvalue weighted by atomic mass is 10.5. The predicted octanol–water partition coefficient (Wildman–Crippen LogP) is -0.571. The van der Waals surface area contributed by atoms with Crippen LogP contribution in [0.2, 0.25) is 0 Å². The number of hydrogen-bond acceptors (Lipinski definition) is 4. The first-order valence-electron chi connectivity index (χ1n) is 3.84. The monoisotopic (exact) mass is 211 g/mol. The van der Waals surface area contributed by atoms with Gasteiger partial charge in [-0.15, -0.1) is 9.79 Å². The van der Waals surface area contributed by atoms with E-state index >= 15 is 0 Å². The summed E-state index contributed by atoms with van der Waals surface area (Å²) in [6, 6.07) is 0. The fourth-order valence-corrected chi connectivity index (χ4v) is 0.659. The third-order valence-electron chi connectivity index (χ3n) is 1.41. The van der Waals surface area contributed by atoms with Gasteiger partial charge in [-0.3, -0.25) is 0 Å². The first-order valence-corrected chi connectivity index (χ1v) is 5.01. The van der Waals surface area contributed by atoms with Crippen LogP contribution in [0.25, 0.3) is 0 Å². The van der Waals surface area contributed by atoms with E-state index in [1.165, 1.54) is 0 Å². The molecule has 0 aromatic carbocycles. The highest BCUT2D eigenvalue weighted by atomic mass is 31.1. The van der Waals surface area contributed by atoms with E-state index in [2.05, 4.69) is 0 Å². The Hall–Kier alpha value is -0.100. The third-order valence-corrected chi connectivity index (χ3v) is 1.41. The van der Waals surface area contributed by atoms with Gasteiger partial charge in [0.15, 0.2) is 0 Å². The minimum atomic E-state index is -2.87. The molecule has 2 rings (SSSR count). The first kappa shape index (κ1) is 11.0. The molecule has 2 aliphatic rings. The number of hydrogen-bond donors (Lipinski definition) is 2. The molecule has 0 aromatic rings. The minimum absolute atomic E-state index is 0.392. The van der Waals surface area contributed by atoms with Gasteiger partial charge < -0.3 is 14.2 Å². The van der Waals surface area contributed by atoms with E-state index in [4.69, 9.17) is 28.6 Å². The van der Waals surface area contributed by atoms with E-state index in [0.29, 0.717) is 12.2 Å². The summed E-state index contributed by atoms with van der Waals surface area (Å²) in [4.78, 5) is 14.2. The minimum Gasteiger partial charge on any atom is -0.376 e. The Labute approximate surface area is 76.4 Å². The molecule has 2 atom stereocenters. The molecule has 0 aromatic heterocycles. The second-order valence-electron chi connectivity index (χ2n) is 2.70. The van der Waals surface area contributed by atoms with Gasteiger partial charge in [0.25, 0.3) is 0 Å². The van der Waals surface area contributed by atoms with Gasteiger partial charge in [0.1, 0.15) is 12.2 Å². The molecular weight excluding hydrogens is 199 g/mol. The summed E-state index contributed by atoms with van der Waals surface area (Å²) in [7, 11) is -2.87. The molecule has 2 unspecified atom stereocenters. The van der Waals surface area contributed by atoms with Crippen molar-refractivity contribution >= 4 is 8.25 Å². The summed E-state index contributed by atoms with van der Waals surface area (Å²) < 4.78 is 23.8. The first-order chi connectivity index (χ1) is 6.18. The van der Waals surface area contributed by atoms with Crippen molar-refractivity contribution in [3.05, 3.63) is 0 Å². The van der Waals surface area contributed by atoms with Crippen LogP contribution in [-0.2, 0) is 18.8 Å². The van der Waals surface area contributed by atoms with Crippen molar-refractivity contribution in [2.24, 2.45) is 0 Å². The van der Waals surface area contributed by atoms with Crippen LogP contribution in [0.5, 0.6) is 0 Å². The van der Waals surface area contributed by atoms with Gasteiger partial charge in [0.05, 0.1) is 26.4 Å². The van der Waals surface area contributed by atoms with Gasteiger partial charge in [0.2, 0.25) is 0 Å². The van der Waals surface area contributed by atoms with E-state index < -0.39 is 8.25 Å². The molecule has 0 spiro atoms. The van der Waals surface area contributed by atoms with Crippen molar-refractivity contribution in [2.45, 2.75) is 12.2 Å². The standard InChI is InChI=1S/C6H10O3.HO3P/c1(5-3-8-5)7-2-6-4-9-6;1-4(2)3/h5-6H,1-4H2;(H-,1,2,3)/p+1. The van der Waals surface area contributed by atoms with Crippen LogP contribution in [0, 0.1) is 0 Å². The second kappa shape index (κ2) is 5.59. The molecule has 2 N–H and O–H groups in total. The molecule has 0 aliphatic carbocycles. The summed E-state index contributed by atoms with van der Waals surface area (Å²) in [5.41, 5.74) is 0. The van der Waals surface area contributed by atoms with Crippen LogP contribution in [-0.4, -0.2) is 48.4 Å². The van der Waals surface area contributed by atoms with Gasteiger partial charge >= 0.3 is 8.25 Å². The lowest BCUT2D eigenvalue weighted by molar-refractivity contribution is 0.102. The van der Waals surface area contributed by atoms with Crippen LogP contribution < -0.4 is 0 Å². The van der Waals surface area contributed by atoms with E-state index in [1.807, 2.05) is 0 Å². The SMILES string of the molecule is C(OCC1CO1)C1CO1.O=[P+](O)O. The lowest BCUT2D eigenvalue weighted by Crippen LogP contribution is -2.06. The Balaban J connectivity index is 0.000000184. The zero-order valence-corrected chi connectivity index (χ0v) is 7.85. The van der Waals surface area contributed by atoms with Crippen LogP contribution in [0.4, 0.5) is 0 Å². The van der Waals surface area contributed by atoms with Crippen molar-refractivity contribution in [1.82, 2.24) is 0 Å². The molecule has 2 fully saturated rings. The molecule has 2 aliphatic heterocycles. The molecule has 6 nitrogen and oxygen atoms in total. The Kier molecular flexibility index (Phi) is 4.72. The highest BCUT2D eigenvalue weighted by Crippen LogP contribution is 2.12. The van der Waals surface area contributed by atoms with Crippen molar-refractivity contribution in [1.29, 1.82) is 0 Å². The highest BCUT2D eigenvalue weighted by Gasteiger charge is 2.26. The maximum absolute atomic E-state index is 8.70. The van der Waals surface area contributed by atoms with Crippen LogP contribution in [0.1, 0.15) is 0 Å². The summed E-state index contributed by atoms with van der Waals surface area (Å²) in [5, 5.41) is 0. The topological polar surface area (TPSA) is 91.8 Å². The van der Waals surface area contributed by atoms with Gasteiger partial charge in [-0.1, -0.05) is 0 Å². The summed E-state index contributed by atoms with van der Waals surface area (Å²) in [6.07, 6.45) is 0.785. The average Bonchev–Trinajstić information content (AvgIpc) is 2.78. The molecule has 76 valence electrons. The second-order valence-corrected chi connectivity index (χ2v) is 3.21. The fourth-order valence-electron chi connectivity index (χ4n) is 0.659. The van der Waals surface area contributed by atoms with Crippen molar-refractivity contribution in [3.63, 3.8) is 0 Å². The molecule has 0 saturated carbocycles. The molecule has 2 heterocycles. The van der Waals surface area contributed by atoms with E-state index in [-0.39, 0.29) is 0 Å². The summed E-state index contributed by atoms with van der Waals surface area (Å²) in [6.45, 7) is 3.26. The normalized spacial score (nSPS) is 28.8. The van der Waals surface area contributed by atoms with E-state index in [9.17, 15) is 0 Å². The Morgan fingerprint density at radius 3 is 1.77 bits per heavy atom. The molecule has 7 heteroatoms. The Bertz CT molecular complexity index is 151. The number of rotatable bonds is 4. The quantitative estimate of drug-likeness (QED) is 0.478. The fraction of sp³-hybridized carbons (Fsp3) is 1.00. The van der Waals surface area contributed by atoms with Gasteiger partial charge in [-0.05, 0) is 0 Å². The zero-order chi connectivity index (χ0) is 9.68. The largest absolute Gasteiger partial charge is 0.692 e. The van der Waals surface area contributed by atoms with Crippen molar-refractivity contribution in [3.8, 4) is 0 Å². The van der Waals surface area contributed by atoms with E-state index in [1.54, 1.807) is 0 Å². The average molecular weight is 211 g/mol. The summed E-state index contributed by atoms with van der Waals surface area (Å²) in [5.74, 6) is 0. The van der Waals surface area contributed by atoms with Gasteiger partial charge in [-0.2, -0.15) is 0 Å². The van der Waals surface area contributed by atoms with Crippen LogP contribution in [0.3, 0.4) is 0 Å². The lowest BCUT2D eigenvalue weighted by Gasteiger charge is -1.95. The Morgan fingerprint density at radius 1 is 1.23 bits per heavy atom. The maximum atomic E-state index is 8.70. The van der Waals surface area contributed by atoms with Crippen LogP contribution >= 0.6 is 8.25 Å². The molecular formula is C6H12O6P+. The molecule has 2 saturated heterocycles. The maximum Gasteiger partial charge on any atom is 0.692 e. The molecule has 0 amide bonds. The zero-order valence-electron chi connectivity index (χ0n) is 6.96. The number of ether oxygens (including phenoxy) is 3. The smallest absolute Gasteiger partial charge is 0.376 e. The van der Waals surface area contributed by atoms with Crippen molar-refractivity contribution in [2.75, 3.05) is 26.4 Å². The van der Waals surface area contributed by atoms with Crippen LogP contribution in [0.15, 0.2) is 0 Å². The molecule has 13 heavy (non-hydrogen) atoms. The molecule has 0 radical (unpaired) electrons. The Morgan fingerprint density at radius 2 is 1.54 bits per heavy atom. The van der Waals surface area contributed by atoms with Crippen molar-refractivity contribution < 1.29 is 28.6 Å². The predicted molar refractivity (Wildman–Crippen MR) is 42.3 cm³/mol. The molecule has 0 bridgehead atoms. The summed E-state index contributed by atoms with van der Waals surface area (Å²) >= 11 is 0. The van der Waals surface area contributed by atoms with Gasteiger partial charge in [0, 0.05) is 4.57 Å². The highest BCUT2D eigenvalue weighted by molar-refractivity contribution is 7.30. The number of epoxide rings is 2. The third kappa shape index (κ3) is 8.24. The van der Waals surface area contributed by atoms with Gasteiger partial charge in [-0.25, -0.2) is 0 Å². The van der Waals surface area contributed by atoms with E-state index in [0.717, 1.165) is 26.4 Å².